The molecule has 0 aliphatic rings. The van der Waals surface area contributed by atoms with Crippen molar-refractivity contribution >= 4 is 29.1 Å². The summed E-state index contributed by atoms with van der Waals surface area (Å²) >= 11 is 5.84. The molecule has 0 spiro atoms. The van der Waals surface area contributed by atoms with E-state index in [1.807, 2.05) is 45.0 Å². The molecule has 0 aromatic heterocycles. The smallest absolute Gasteiger partial charge is 0.243 e. The molecule has 1 N–H and O–H groups in total. The van der Waals surface area contributed by atoms with Crippen LogP contribution in [0.15, 0.2) is 36.4 Å². The maximum atomic E-state index is 12.3. The molecule has 0 heterocycles. The minimum Gasteiger partial charge on any atom is -0.336 e. The average molecular weight is 359 g/mol. The van der Waals surface area contributed by atoms with Gasteiger partial charge in [0.1, 0.15) is 0 Å². The SMILES string of the molecule is Cc1cc(C)c(NC(=O)CN(C)C(=O)Cc2ccc(Cl)cc2)c(C)c1. The van der Waals surface area contributed by atoms with Crippen LogP contribution in [0.3, 0.4) is 0 Å². The molecule has 2 amide bonds. The highest BCUT2D eigenvalue weighted by Crippen LogP contribution is 2.21. The Bertz CT molecular complexity index is 762. The Labute approximate surface area is 153 Å². The quantitative estimate of drug-likeness (QED) is 0.881. The minimum atomic E-state index is -0.206. The van der Waals surface area contributed by atoms with E-state index in [-0.39, 0.29) is 24.8 Å². The van der Waals surface area contributed by atoms with Crippen molar-refractivity contribution in [1.82, 2.24) is 4.90 Å². The van der Waals surface area contributed by atoms with Gasteiger partial charge >= 0.3 is 0 Å². The number of carbonyl (C=O) groups excluding carboxylic acids is 2. The topological polar surface area (TPSA) is 49.4 Å². The Kier molecular flexibility index (Phi) is 6.21. The van der Waals surface area contributed by atoms with Crippen LogP contribution in [0.2, 0.25) is 5.02 Å². The Morgan fingerprint density at radius 3 is 2.16 bits per heavy atom. The molecule has 5 heteroatoms. The van der Waals surface area contributed by atoms with Crippen molar-refractivity contribution in [1.29, 1.82) is 0 Å². The molecule has 25 heavy (non-hydrogen) atoms. The zero-order valence-corrected chi connectivity index (χ0v) is 15.8. The van der Waals surface area contributed by atoms with E-state index in [1.54, 1.807) is 19.2 Å². The van der Waals surface area contributed by atoms with E-state index in [4.69, 9.17) is 11.6 Å². The van der Waals surface area contributed by atoms with Gasteiger partial charge in [0.05, 0.1) is 13.0 Å². The van der Waals surface area contributed by atoms with Gasteiger partial charge in [-0.15, -0.1) is 0 Å². The van der Waals surface area contributed by atoms with Gasteiger partial charge in [0.25, 0.3) is 0 Å². The maximum absolute atomic E-state index is 12.3. The van der Waals surface area contributed by atoms with Crippen LogP contribution in [0.4, 0.5) is 5.69 Å². The van der Waals surface area contributed by atoms with Crippen molar-refractivity contribution < 1.29 is 9.59 Å². The number of rotatable bonds is 5. The average Bonchev–Trinajstić information content (AvgIpc) is 2.53. The fourth-order valence-electron chi connectivity index (χ4n) is 2.77. The van der Waals surface area contributed by atoms with Crippen molar-refractivity contribution in [3.8, 4) is 0 Å². The summed E-state index contributed by atoms with van der Waals surface area (Å²) in [6.07, 6.45) is 0.240. The van der Waals surface area contributed by atoms with E-state index in [0.29, 0.717) is 5.02 Å². The summed E-state index contributed by atoms with van der Waals surface area (Å²) in [5.74, 6) is -0.322. The number of anilines is 1. The molecule has 0 aliphatic heterocycles. The molecule has 4 nitrogen and oxygen atoms in total. The van der Waals surface area contributed by atoms with Crippen molar-refractivity contribution in [3.63, 3.8) is 0 Å². The molecule has 0 bridgehead atoms. The minimum absolute atomic E-state index is 0.0131. The Balaban J connectivity index is 1.95. The van der Waals surface area contributed by atoms with Crippen molar-refractivity contribution in [3.05, 3.63) is 63.7 Å². The summed E-state index contributed by atoms with van der Waals surface area (Å²) in [6, 6.07) is 11.2. The summed E-state index contributed by atoms with van der Waals surface area (Å²) in [5, 5.41) is 3.54. The van der Waals surface area contributed by atoms with Crippen molar-refractivity contribution in [2.24, 2.45) is 0 Å². The third-order valence-corrected chi connectivity index (χ3v) is 4.27. The largest absolute Gasteiger partial charge is 0.336 e. The predicted molar refractivity (Wildman–Crippen MR) is 102 cm³/mol. The fraction of sp³-hybridized carbons (Fsp3) is 0.300. The number of halogens is 1. The van der Waals surface area contributed by atoms with E-state index >= 15 is 0 Å². The van der Waals surface area contributed by atoms with Gasteiger partial charge < -0.3 is 10.2 Å². The molecule has 0 atom stereocenters. The molecule has 0 radical (unpaired) electrons. The van der Waals surface area contributed by atoms with Crippen LogP contribution in [-0.2, 0) is 16.0 Å². The van der Waals surface area contributed by atoms with Gasteiger partial charge in [0.2, 0.25) is 11.8 Å². The maximum Gasteiger partial charge on any atom is 0.243 e. The lowest BCUT2D eigenvalue weighted by Gasteiger charge is -2.18. The second kappa shape index (κ2) is 8.17. The van der Waals surface area contributed by atoms with E-state index in [9.17, 15) is 9.59 Å². The van der Waals surface area contributed by atoms with Crippen LogP contribution in [0, 0.1) is 20.8 Å². The molecule has 0 saturated carbocycles. The zero-order valence-electron chi connectivity index (χ0n) is 15.0. The first-order valence-corrected chi connectivity index (χ1v) is 8.50. The van der Waals surface area contributed by atoms with Gasteiger partial charge in [-0.25, -0.2) is 0 Å². The van der Waals surface area contributed by atoms with Crippen LogP contribution >= 0.6 is 11.6 Å². The summed E-state index contributed by atoms with van der Waals surface area (Å²) in [6.45, 7) is 5.96. The highest BCUT2D eigenvalue weighted by atomic mass is 35.5. The van der Waals surface area contributed by atoms with Crippen molar-refractivity contribution in [2.45, 2.75) is 27.2 Å². The zero-order chi connectivity index (χ0) is 18.6. The van der Waals surface area contributed by atoms with E-state index in [1.165, 1.54) is 4.90 Å². The molecule has 0 saturated heterocycles. The third-order valence-electron chi connectivity index (χ3n) is 4.02. The molecule has 132 valence electrons. The van der Waals surface area contributed by atoms with Crippen molar-refractivity contribution in [2.75, 3.05) is 18.9 Å². The molecular weight excluding hydrogens is 336 g/mol. The molecule has 2 aromatic carbocycles. The van der Waals surface area contributed by atoms with Gasteiger partial charge in [-0.2, -0.15) is 0 Å². The summed E-state index contributed by atoms with van der Waals surface area (Å²) < 4.78 is 0. The van der Waals surface area contributed by atoms with Gasteiger partial charge in [-0.1, -0.05) is 41.4 Å². The molecule has 2 aromatic rings. The molecule has 0 aliphatic carbocycles. The van der Waals surface area contributed by atoms with Gasteiger partial charge in [0.15, 0.2) is 0 Å². The Hall–Kier alpha value is -2.33. The van der Waals surface area contributed by atoms with Crippen LogP contribution in [0.25, 0.3) is 0 Å². The normalized spacial score (nSPS) is 10.4. The number of likely N-dealkylation sites (N-methyl/N-ethyl adjacent to an activating group) is 1. The highest BCUT2D eigenvalue weighted by molar-refractivity contribution is 6.30. The monoisotopic (exact) mass is 358 g/mol. The second-order valence-electron chi connectivity index (χ2n) is 6.37. The molecule has 0 fully saturated rings. The number of carbonyl (C=O) groups is 2. The number of nitrogens with one attached hydrogen (secondary N) is 1. The first-order chi connectivity index (χ1) is 11.8. The Morgan fingerprint density at radius 1 is 1.04 bits per heavy atom. The number of benzene rings is 2. The van der Waals surface area contributed by atoms with Crippen LogP contribution in [0.1, 0.15) is 22.3 Å². The second-order valence-corrected chi connectivity index (χ2v) is 6.81. The number of nitrogens with zero attached hydrogens (tertiary/aromatic N) is 1. The first-order valence-electron chi connectivity index (χ1n) is 8.12. The lowest BCUT2D eigenvalue weighted by atomic mass is 10.1. The Morgan fingerprint density at radius 2 is 1.60 bits per heavy atom. The third kappa shape index (κ3) is 5.33. The summed E-state index contributed by atoms with van der Waals surface area (Å²) in [5.41, 5.74) is 4.87. The number of aryl methyl sites for hydroxylation is 3. The van der Waals surface area contributed by atoms with E-state index in [0.717, 1.165) is 27.9 Å². The van der Waals surface area contributed by atoms with Gasteiger partial charge in [-0.05, 0) is 49.6 Å². The van der Waals surface area contributed by atoms with Crippen LogP contribution in [0.5, 0.6) is 0 Å². The number of amides is 2. The highest BCUT2D eigenvalue weighted by Gasteiger charge is 2.15. The fourth-order valence-corrected chi connectivity index (χ4v) is 2.90. The number of hydrogen-bond donors (Lipinski definition) is 1. The molecule has 2 rings (SSSR count). The summed E-state index contributed by atoms with van der Waals surface area (Å²) in [7, 11) is 1.63. The first kappa shape index (κ1) is 19.0. The lowest BCUT2D eigenvalue weighted by Crippen LogP contribution is -2.36. The predicted octanol–water partition coefficient (Wildman–Crippen LogP) is 3.90. The lowest BCUT2D eigenvalue weighted by molar-refractivity contribution is -0.132. The standard InChI is InChI=1S/C20H23ClN2O2/c1-13-9-14(2)20(15(3)10-13)22-18(24)12-23(4)19(25)11-16-5-7-17(21)8-6-16/h5-10H,11-12H2,1-4H3,(H,22,24). The van der Waals surface area contributed by atoms with E-state index in [2.05, 4.69) is 5.32 Å². The van der Waals surface area contributed by atoms with Gasteiger partial charge in [0, 0.05) is 17.8 Å². The molecular formula is C20H23ClN2O2. The van der Waals surface area contributed by atoms with Crippen LogP contribution in [-0.4, -0.2) is 30.3 Å². The van der Waals surface area contributed by atoms with Crippen LogP contribution < -0.4 is 5.32 Å². The van der Waals surface area contributed by atoms with Gasteiger partial charge in [-0.3, -0.25) is 9.59 Å². The summed E-state index contributed by atoms with van der Waals surface area (Å²) in [4.78, 5) is 26.0. The number of hydrogen-bond acceptors (Lipinski definition) is 2. The molecule has 0 unspecified atom stereocenters. The van der Waals surface area contributed by atoms with E-state index < -0.39 is 0 Å².